The lowest BCUT2D eigenvalue weighted by atomic mass is 9.33. The normalized spacial score (nSPS) is 54.8. The number of hydrogen-bond donors (Lipinski definition) is 16. The topological polar surface area (TPSA) is 433 Å². The van der Waals surface area contributed by atoms with Gasteiger partial charge in [0.05, 0.1) is 50.7 Å². The van der Waals surface area contributed by atoms with Crippen LogP contribution in [-0.4, -0.2) is 274 Å². The van der Waals surface area contributed by atoms with E-state index >= 15 is 4.79 Å². The van der Waals surface area contributed by atoms with Crippen molar-refractivity contribution >= 4 is 5.97 Å². The second-order valence-corrected chi connectivity index (χ2v) is 28.5. The van der Waals surface area contributed by atoms with E-state index in [1.807, 2.05) is 6.92 Å². The highest BCUT2D eigenvalue weighted by molar-refractivity contribution is 5.79. The van der Waals surface area contributed by atoms with Gasteiger partial charge in [-0.05, 0) is 111 Å². The maximum absolute atomic E-state index is 15.2. The minimum Gasteiger partial charge on any atom is -0.432 e. The predicted octanol–water partition coefficient (Wildman–Crippen LogP) is -3.57. The van der Waals surface area contributed by atoms with Crippen LogP contribution in [0.3, 0.4) is 0 Å². The summed E-state index contributed by atoms with van der Waals surface area (Å²) in [6.45, 7) is 12.0. The van der Waals surface area contributed by atoms with Gasteiger partial charge in [0.2, 0.25) is 6.29 Å². The number of allylic oxidation sites excluding steroid dienone is 2. The summed E-state index contributed by atoms with van der Waals surface area (Å²) in [4.78, 5) is 15.2. The third kappa shape index (κ3) is 11.2. The van der Waals surface area contributed by atoms with E-state index < -0.39 is 196 Å². The lowest BCUT2D eigenvalue weighted by molar-refractivity contribution is -0.368. The quantitative estimate of drug-likeness (QED) is 0.0454. The number of hydrogen-bond acceptors (Lipinski definition) is 27. The molecule has 27 heteroatoms. The van der Waals surface area contributed by atoms with E-state index in [1.54, 1.807) is 0 Å². The zero-order chi connectivity index (χ0) is 62.7. The molecule has 0 radical (unpaired) electrons. The first kappa shape index (κ1) is 67.1. The molecule has 10 rings (SSSR count). The molecule has 0 amide bonds. The van der Waals surface area contributed by atoms with Gasteiger partial charge in [0, 0.05) is 5.41 Å². The Morgan fingerprint density at radius 3 is 1.80 bits per heavy atom. The Morgan fingerprint density at radius 1 is 0.558 bits per heavy atom. The van der Waals surface area contributed by atoms with Gasteiger partial charge in [-0.25, -0.2) is 0 Å². The molecule has 494 valence electrons. The van der Waals surface area contributed by atoms with Gasteiger partial charge in [-0.1, -0.05) is 53.2 Å². The van der Waals surface area contributed by atoms with Crippen LogP contribution in [0, 0.1) is 50.2 Å². The number of carbonyl (C=O) groups is 1. The van der Waals surface area contributed by atoms with Crippen LogP contribution >= 0.6 is 0 Å². The minimum absolute atomic E-state index is 0.0953. The Morgan fingerprint density at radius 2 is 1.14 bits per heavy atom. The second-order valence-electron chi connectivity index (χ2n) is 28.5. The third-order valence-corrected chi connectivity index (χ3v) is 23.2. The number of carbonyl (C=O) groups excluding carboxylic acids is 1. The molecule has 16 N–H and O–H groups in total. The molecule has 2 unspecified atom stereocenters. The summed E-state index contributed by atoms with van der Waals surface area (Å²) in [6.07, 6.45) is -31.2. The summed E-state index contributed by atoms with van der Waals surface area (Å²) in [5, 5.41) is 172. The van der Waals surface area contributed by atoms with Crippen molar-refractivity contribution in [3.05, 3.63) is 11.6 Å². The summed E-state index contributed by atoms with van der Waals surface area (Å²) < 4.78 is 59.2. The Kier molecular flexibility index (Phi) is 19.4. The lowest BCUT2D eigenvalue weighted by Crippen LogP contribution is -2.67. The summed E-state index contributed by atoms with van der Waals surface area (Å²) in [5.41, 5.74) is -2.06. The molecule has 5 saturated heterocycles. The van der Waals surface area contributed by atoms with Crippen molar-refractivity contribution in [2.75, 3.05) is 33.0 Å². The van der Waals surface area contributed by atoms with Crippen molar-refractivity contribution in [3.8, 4) is 0 Å². The maximum Gasteiger partial charge on any atom is 0.315 e. The SMILES string of the molecule is C[C@@H]1O[C@@H](O[C@H]2[C@H](O)[C@@H](O)[C@H](OC[C@H]3O[C@@H](OC(=O)[C@]45CCC(C)(C)C[C@H]4C4=CC[C@@H]6[C@@]7(C)CCC(O[C@@H]8OC[C@H](O)[C@H](O)C8O[C@@H]8O[C@H](CO)[C@@H](O)[C@H](O)[C@H]8O)[C@@](C)(CO)[C@@H]7CC[C@@]6(C)[C@]4(C)CC5)[C@H](O)[C@@H](O)[C@@H]3O)O[C@@H]2CO)[C@H](O)[C@H](O)[C@H]1O. The number of rotatable bonds is 14. The largest absolute Gasteiger partial charge is 0.432 e. The molecule has 0 aromatic heterocycles. The molecule has 5 aliphatic carbocycles. The fourth-order valence-electron chi connectivity index (χ4n) is 17.6. The molecule has 86 heavy (non-hydrogen) atoms. The molecule has 10 aliphatic rings. The lowest BCUT2D eigenvalue weighted by Gasteiger charge is -2.71. The van der Waals surface area contributed by atoms with Gasteiger partial charge in [-0.3, -0.25) is 4.79 Å². The first-order valence-electron chi connectivity index (χ1n) is 30.8. The molecule has 5 aliphatic heterocycles. The van der Waals surface area contributed by atoms with E-state index in [2.05, 4.69) is 40.7 Å². The number of ether oxygens (including phenoxy) is 10. The summed E-state index contributed by atoms with van der Waals surface area (Å²) >= 11 is 0. The zero-order valence-corrected chi connectivity index (χ0v) is 50.0. The summed E-state index contributed by atoms with van der Waals surface area (Å²) in [6, 6.07) is 0. The molecule has 5 heterocycles. The number of esters is 1. The van der Waals surface area contributed by atoms with Crippen LogP contribution in [0.2, 0.25) is 0 Å². The molecule has 0 spiro atoms. The smallest absolute Gasteiger partial charge is 0.315 e. The molecule has 0 bridgehead atoms. The molecule has 33 atom stereocenters. The fraction of sp³-hybridized carbons (Fsp3) is 0.949. The molecule has 27 nitrogen and oxygen atoms in total. The highest BCUT2D eigenvalue weighted by Crippen LogP contribution is 2.76. The van der Waals surface area contributed by atoms with Gasteiger partial charge in [0.25, 0.3) is 0 Å². The highest BCUT2D eigenvalue weighted by Gasteiger charge is 2.71. The van der Waals surface area contributed by atoms with E-state index in [1.165, 1.54) is 12.5 Å². The van der Waals surface area contributed by atoms with Gasteiger partial charge >= 0.3 is 5.97 Å². The molecular formula is C59H96O27. The van der Waals surface area contributed by atoms with E-state index in [4.69, 9.17) is 47.4 Å². The van der Waals surface area contributed by atoms with Crippen LogP contribution in [0.15, 0.2) is 11.6 Å². The third-order valence-electron chi connectivity index (χ3n) is 23.2. The van der Waals surface area contributed by atoms with Crippen molar-refractivity contribution in [2.45, 2.75) is 266 Å². The van der Waals surface area contributed by atoms with Crippen LogP contribution in [0.5, 0.6) is 0 Å². The average Bonchev–Trinajstić information content (AvgIpc) is 0.679. The van der Waals surface area contributed by atoms with E-state index in [0.29, 0.717) is 57.8 Å². The van der Waals surface area contributed by atoms with Crippen molar-refractivity contribution < 1.29 is 134 Å². The van der Waals surface area contributed by atoms with Crippen LogP contribution < -0.4 is 0 Å². The van der Waals surface area contributed by atoms with E-state index in [9.17, 15) is 81.7 Å². The zero-order valence-electron chi connectivity index (χ0n) is 50.0. The van der Waals surface area contributed by atoms with Crippen molar-refractivity contribution in [1.29, 1.82) is 0 Å². The molecule has 9 fully saturated rings. The van der Waals surface area contributed by atoms with Crippen LogP contribution in [0.25, 0.3) is 0 Å². The first-order chi connectivity index (χ1) is 40.4. The van der Waals surface area contributed by atoms with E-state index in [-0.39, 0.29) is 47.2 Å². The van der Waals surface area contributed by atoms with Gasteiger partial charge in [0.1, 0.15) is 110 Å². The predicted molar refractivity (Wildman–Crippen MR) is 289 cm³/mol. The summed E-state index contributed by atoms with van der Waals surface area (Å²) in [7, 11) is 0. The van der Waals surface area contributed by atoms with Crippen LogP contribution in [0.4, 0.5) is 0 Å². The standard InChI is InChI=1S/C59H96O27/c1-24-34(64)38(68)42(72)49(79-24)84-46-29(20-61)81-48(45(75)41(46)71)78-22-30-37(67)40(70)44(74)51(82-30)86-53(76)59-16-14-54(2,3)18-26(59)25-8-9-32-55(4)12-11-33(56(5,23-62)31(55)10-13-58(32,7)57(25,6)15-17-59)83-52-47(35(65)27(63)21-77-52)85-50-43(73)39(69)36(66)28(19-60)80-50/h8,24,26-52,60-75H,9-23H2,1-7H3/t24-,26-,27-,28+,29+,30+,31+,32+,33?,34-,35-,36+,37+,38+,39-,40-,41+,42+,43+,44+,45+,46+,47?,48+,49-,50-,51-,52-,55-,56-,57+,58+,59-/m0/s1. The molecule has 0 aromatic rings. The maximum atomic E-state index is 15.2. The van der Waals surface area contributed by atoms with Crippen molar-refractivity contribution in [3.63, 3.8) is 0 Å². The van der Waals surface area contributed by atoms with Gasteiger partial charge < -0.3 is 129 Å². The number of aliphatic hydroxyl groups excluding tert-OH is 16. The first-order valence-corrected chi connectivity index (χ1v) is 30.8. The van der Waals surface area contributed by atoms with Gasteiger partial charge in [0.15, 0.2) is 25.2 Å². The number of aliphatic hydroxyl groups is 16. The highest BCUT2D eigenvalue weighted by atomic mass is 16.8. The Labute approximate surface area is 499 Å². The van der Waals surface area contributed by atoms with Gasteiger partial charge in [-0.2, -0.15) is 0 Å². The molecule has 0 aromatic carbocycles. The molecular weight excluding hydrogens is 1140 g/mol. The Bertz CT molecular complexity index is 2380. The van der Waals surface area contributed by atoms with E-state index in [0.717, 1.165) is 6.42 Å². The molecule has 4 saturated carbocycles. The van der Waals surface area contributed by atoms with Crippen LogP contribution in [-0.2, 0) is 52.2 Å². The monoisotopic (exact) mass is 1240 g/mol. The minimum atomic E-state index is -1.91. The van der Waals surface area contributed by atoms with Crippen LogP contribution in [0.1, 0.15) is 113 Å². The number of fused-ring (bicyclic) bond motifs is 7. The van der Waals surface area contributed by atoms with Gasteiger partial charge in [-0.15, -0.1) is 0 Å². The second kappa shape index (κ2) is 24.9. The van der Waals surface area contributed by atoms with Crippen molar-refractivity contribution in [1.82, 2.24) is 0 Å². The Hall–Kier alpha value is -1.79. The summed E-state index contributed by atoms with van der Waals surface area (Å²) in [5.74, 6) is -0.933. The average molecular weight is 1240 g/mol. The fourth-order valence-corrected chi connectivity index (χ4v) is 17.6. The Balaban J connectivity index is 0.833. The van der Waals surface area contributed by atoms with Crippen molar-refractivity contribution in [2.24, 2.45) is 50.2 Å².